The molecule has 34 heavy (non-hydrogen) atoms. The number of rotatable bonds is 4. The first-order chi connectivity index (χ1) is 16.4. The highest BCUT2D eigenvalue weighted by Gasteiger charge is 2.34. The molecule has 0 aliphatic carbocycles. The zero-order valence-electron chi connectivity index (χ0n) is 20.6. The molecule has 0 spiro atoms. The van der Waals surface area contributed by atoms with Crippen LogP contribution in [0.15, 0.2) is 36.5 Å². The third-order valence-corrected chi connectivity index (χ3v) is 7.40. The molecule has 2 fully saturated rings. The Hall–Kier alpha value is -2.93. The lowest BCUT2D eigenvalue weighted by atomic mass is 9.85. The van der Waals surface area contributed by atoms with E-state index in [1.54, 1.807) is 11.0 Å². The summed E-state index contributed by atoms with van der Waals surface area (Å²) in [6, 6.07) is 10.4. The Morgan fingerprint density at radius 2 is 1.85 bits per heavy atom. The number of nitrogens with two attached hydrogens (primary N) is 1. The van der Waals surface area contributed by atoms with Gasteiger partial charge in [0.15, 0.2) is 0 Å². The highest BCUT2D eigenvalue weighted by atomic mass is 16.2. The molecule has 7 heteroatoms. The van der Waals surface area contributed by atoms with Crippen molar-refractivity contribution in [3.8, 4) is 0 Å². The molecule has 2 atom stereocenters. The van der Waals surface area contributed by atoms with Gasteiger partial charge in [-0.2, -0.15) is 0 Å². The van der Waals surface area contributed by atoms with Crippen molar-refractivity contribution in [1.82, 2.24) is 14.8 Å². The van der Waals surface area contributed by atoms with Crippen molar-refractivity contribution in [2.75, 3.05) is 37.7 Å². The summed E-state index contributed by atoms with van der Waals surface area (Å²) in [7, 11) is 2.17. The number of anilines is 2. The van der Waals surface area contributed by atoms with Gasteiger partial charge < -0.3 is 20.9 Å². The lowest BCUT2D eigenvalue weighted by Crippen LogP contribution is -2.46. The van der Waals surface area contributed by atoms with E-state index in [-0.39, 0.29) is 6.04 Å². The highest BCUT2D eigenvalue weighted by Crippen LogP contribution is 2.36. The van der Waals surface area contributed by atoms with Crippen molar-refractivity contribution < 1.29 is 9.59 Å². The largest absolute Gasteiger partial charge is 0.383 e. The predicted molar refractivity (Wildman–Crippen MR) is 135 cm³/mol. The van der Waals surface area contributed by atoms with E-state index in [1.165, 1.54) is 11.8 Å². The fraction of sp³-hybridized carbons (Fsp3) is 0.519. The van der Waals surface area contributed by atoms with Crippen molar-refractivity contribution >= 4 is 23.3 Å². The maximum absolute atomic E-state index is 13.3. The Morgan fingerprint density at radius 1 is 1.12 bits per heavy atom. The second kappa shape index (κ2) is 10.6. The van der Waals surface area contributed by atoms with Crippen LogP contribution in [0.2, 0.25) is 0 Å². The van der Waals surface area contributed by atoms with E-state index in [1.807, 2.05) is 6.92 Å². The van der Waals surface area contributed by atoms with Crippen LogP contribution in [0.4, 0.5) is 11.5 Å². The number of hydrogen-bond donors (Lipinski definition) is 2. The number of aromatic nitrogens is 1. The third kappa shape index (κ3) is 5.41. The van der Waals surface area contributed by atoms with Gasteiger partial charge in [0, 0.05) is 6.54 Å². The van der Waals surface area contributed by atoms with Gasteiger partial charge in [0.05, 0.1) is 17.9 Å². The van der Waals surface area contributed by atoms with Gasteiger partial charge in [-0.3, -0.25) is 9.59 Å². The highest BCUT2D eigenvalue weighted by molar-refractivity contribution is 6.39. The first-order valence-electron chi connectivity index (χ1n) is 12.5. The lowest BCUT2D eigenvalue weighted by Gasteiger charge is -2.39. The van der Waals surface area contributed by atoms with E-state index >= 15 is 0 Å². The van der Waals surface area contributed by atoms with Crippen molar-refractivity contribution in [1.29, 1.82) is 0 Å². The Morgan fingerprint density at radius 3 is 2.59 bits per heavy atom. The monoisotopic (exact) mass is 463 g/mol. The molecule has 1 aromatic heterocycles. The number of nitrogens with one attached hydrogen (secondary N) is 1. The maximum Gasteiger partial charge on any atom is 0.313 e. The molecule has 2 saturated heterocycles. The summed E-state index contributed by atoms with van der Waals surface area (Å²) >= 11 is 0. The Balaban J connectivity index is 1.52. The molecule has 2 aromatic rings. The summed E-state index contributed by atoms with van der Waals surface area (Å²) in [5.41, 5.74) is 9.70. The van der Waals surface area contributed by atoms with Crippen molar-refractivity contribution in [3.63, 3.8) is 0 Å². The van der Waals surface area contributed by atoms with Crippen LogP contribution in [-0.2, 0) is 16.0 Å². The first-order valence-corrected chi connectivity index (χ1v) is 12.5. The summed E-state index contributed by atoms with van der Waals surface area (Å²) in [5, 5.41) is 2.74. The molecule has 2 aliphatic rings. The van der Waals surface area contributed by atoms with Gasteiger partial charge in [0.2, 0.25) is 0 Å². The van der Waals surface area contributed by atoms with Gasteiger partial charge in [-0.05, 0) is 86.8 Å². The zero-order chi connectivity index (χ0) is 24.2. The normalized spacial score (nSPS) is 21.9. The molecule has 0 bridgehead atoms. The van der Waals surface area contributed by atoms with E-state index in [2.05, 4.69) is 53.4 Å². The van der Waals surface area contributed by atoms with Crippen LogP contribution in [0.3, 0.4) is 0 Å². The number of pyridine rings is 1. The Kier molecular flexibility index (Phi) is 7.51. The molecule has 0 saturated carbocycles. The molecule has 182 valence electrons. The molecule has 0 radical (unpaired) electrons. The molecular weight excluding hydrogens is 426 g/mol. The fourth-order valence-electron chi connectivity index (χ4n) is 5.27. The number of amides is 2. The van der Waals surface area contributed by atoms with Crippen molar-refractivity contribution in [3.05, 3.63) is 53.2 Å². The minimum Gasteiger partial charge on any atom is -0.383 e. The van der Waals surface area contributed by atoms with Crippen molar-refractivity contribution in [2.45, 2.75) is 57.9 Å². The molecule has 4 rings (SSSR count). The van der Waals surface area contributed by atoms with Gasteiger partial charge in [-0.1, -0.05) is 38.1 Å². The van der Waals surface area contributed by atoms with E-state index in [0.29, 0.717) is 36.3 Å². The van der Waals surface area contributed by atoms with Crippen molar-refractivity contribution in [2.24, 2.45) is 5.92 Å². The molecule has 0 unspecified atom stereocenters. The van der Waals surface area contributed by atoms with Crippen LogP contribution in [0.5, 0.6) is 0 Å². The summed E-state index contributed by atoms with van der Waals surface area (Å²) in [5.74, 6) is 0.239. The number of benzene rings is 1. The number of aryl methyl sites for hydroxylation is 1. The van der Waals surface area contributed by atoms with Crippen LogP contribution in [0.1, 0.15) is 68.2 Å². The van der Waals surface area contributed by atoms with Crippen LogP contribution >= 0.6 is 0 Å². The Bertz CT molecular complexity index is 1030. The number of carbonyl (C=O) groups is 2. The minimum absolute atomic E-state index is 0.0867. The number of carbonyl (C=O) groups excluding carboxylic acids is 2. The van der Waals surface area contributed by atoms with Gasteiger partial charge in [-0.25, -0.2) is 4.98 Å². The lowest BCUT2D eigenvalue weighted by molar-refractivity contribution is -0.146. The second-order valence-electron chi connectivity index (χ2n) is 9.98. The van der Waals surface area contributed by atoms with Crippen LogP contribution in [0, 0.1) is 5.92 Å². The molecule has 2 amide bonds. The maximum atomic E-state index is 13.3. The number of hydrogen-bond acceptors (Lipinski definition) is 5. The number of piperidine rings is 2. The number of nitrogens with zero attached hydrogens (tertiary/aromatic N) is 3. The van der Waals surface area contributed by atoms with Gasteiger partial charge in [0.25, 0.3) is 0 Å². The van der Waals surface area contributed by atoms with Crippen LogP contribution in [-0.4, -0.2) is 53.3 Å². The second-order valence-corrected chi connectivity index (χ2v) is 9.98. The smallest absolute Gasteiger partial charge is 0.313 e. The molecule has 7 nitrogen and oxygen atoms in total. The van der Waals surface area contributed by atoms with E-state index < -0.39 is 11.8 Å². The van der Waals surface area contributed by atoms with Crippen LogP contribution in [0.25, 0.3) is 0 Å². The molecule has 3 N–H and O–H groups in total. The average Bonchev–Trinajstić information content (AvgIpc) is 2.85. The van der Waals surface area contributed by atoms with Gasteiger partial charge >= 0.3 is 11.8 Å². The molecule has 3 heterocycles. The van der Waals surface area contributed by atoms with E-state index in [4.69, 9.17) is 5.73 Å². The zero-order valence-corrected chi connectivity index (χ0v) is 20.6. The van der Waals surface area contributed by atoms with E-state index in [9.17, 15) is 9.59 Å². The quantitative estimate of drug-likeness (QED) is 0.670. The van der Waals surface area contributed by atoms with Gasteiger partial charge in [0.1, 0.15) is 5.82 Å². The van der Waals surface area contributed by atoms with E-state index in [0.717, 1.165) is 49.9 Å². The molecule has 1 aromatic carbocycles. The topological polar surface area (TPSA) is 91.6 Å². The minimum atomic E-state index is -0.626. The SMILES string of the molecule is CCc1cc(NC(=O)C(=O)N2C[C@@H](C)CC[C@@H]2c2cccc(C3CCN(C)CC3)c2)cnc1N. The predicted octanol–water partition coefficient (Wildman–Crippen LogP) is 3.97. The summed E-state index contributed by atoms with van der Waals surface area (Å²) in [4.78, 5) is 34.6. The number of likely N-dealkylation sites (tertiary alicyclic amines) is 2. The summed E-state index contributed by atoms with van der Waals surface area (Å²) < 4.78 is 0. The average molecular weight is 464 g/mol. The van der Waals surface area contributed by atoms with Gasteiger partial charge in [-0.15, -0.1) is 0 Å². The van der Waals surface area contributed by atoms with Crippen LogP contribution < -0.4 is 11.1 Å². The third-order valence-electron chi connectivity index (χ3n) is 7.40. The standard InChI is InChI=1S/C27H37N5O2/c1-4-19-15-23(16-29-25(19)28)30-26(33)27(34)32-17-18(2)8-9-24(32)22-7-5-6-21(14-22)20-10-12-31(3)13-11-20/h5-7,14-16,18,20,24H,4,8-13,17H2,1-3H3,(H2,28,29)(H,30,33)/t18-,24+/m0/s1. The molecular formula is C27H37N5O2. The number of nitrogen functional groups attached to an aromatic ring is 1. The summed E-state index contributed by atoms with van der Waals surface area (Å²) in [6.07, 6.45) is 6.41. The first kappa shape index (κ1) is 24.2. The Labute approximate surface area is 202 Å². The fourth-order valence-corrected chi connectivity index (χ4v) is 5.27. The molecule has 2 aliphatic heterocycles. The summed E-state index contributed by atoms with van der Waals surface area (Å²) in [6.45, 7) is 6.92.